The molecule has 27 heavy (non-hydrogen) atoms. The van der Waals surface area contributed by atoms with E-state index in [2.05, 4.69) is 5.32 Å². The summed E-state index contributed by atoms with van der Waals surface area (Å²) >= 11 is 0. The minimum absolute atomic E-state index is 0.109. The molecule has 0 spiro atoms. The van der Waals surface area contributed by atoms with Crippen LogP contribution in [0.5, 0.6) is 0 Å². The first-order chi connectivity index (χ1) is 12.5. The van der Waals surface area contributed by atoms with Crippen LogP contribution >= 0.6 is 7.82 Å². The second-order valence-electron chi connectivity index (χ2n) is 6.52. The van der Waals surface area contributed by atoms with E-state index >= 15 is 0 Å². The van der Waals surface area contributed by atoms with E-state index < -0.39 is 13.2 Å². The molecular weight excluding hydrogens is 369 g/mol. The molecule has 8 heteroatoms. The number of phosphoric acid groups is 1. The normalized spacial score (nSPS) is 18.5. The van der Waals surface area contributed by atoms with Gasteiger partial charge in [-0.25, -0.2) is 4.57 Å². The zero-order valence-electron chi connectivity index (χ0n) is 15.0. The molecule has 2 aromatic carbocycles. The quantitative estimate of drug-likeness (QED) is 0.501. The van der Waals surface area contributed by atoms with E-state index in [-0.39, 0.29) is 11.7 Å². The Labute approximate surface area is 157 Å². The molecule has 3 rings (SSSR count). The molecule has 0 radical (unpaired) electrons. The number of para-hydroxylation sites is 1. The predicted octanol–water partition coefficient (Wildman–Crippen LogP) is 3.17. The molecule has 1 aliphatic carbocycles. The smallest absolute Gasteiger partial charge is 0.466 e. The number of aliphatic hydroxyl groups excluding tert-OH is 1. The Bertz CT molecular complexity index is 912. The molecule has 1 aliphatic rings. The SMILES string of the molecule is Cc1ccccc1NC(=O)C1(C)Cc2ccccc2C=C1O.O=P(O)(O)O. The van der Waals surface area contributed by atoms with Gasteiger partial charge in [-0.1, -0.05) is 42.5 Å². The second-order valence-corrected chi connectivity index (χ2v) is 7.55. The van der Waals surface area contributed by atoms with Crippen LogP contribution in [0.3, 0.4) is 0 Å². The van der Waals surface area contributed by atoms with Crippen molar-refractivity contribution in [3.8, 4) is 0 Å². The summed E-state index contributed by atoms with van der Waals surface area (Å²) in [4.78, 5) is 34.3. The predicted molar refractivity (Wildman–Crippen MR) is 103 cm³/mol. The summed E-state index contributed by atoms with van der Waals surface area (Å²) in [5, 5.41) is 13.3. The van der Waals surface area contributed by atoms with Gasteiger partial charge in [0.1, 0.15) is 11.2 Å². The number of carbonyl (C=O) groups excluding carboxylic acids is 1. The van der Waals surface area contributed by atoms with Gasteiger partial charge in [0.15, 0.2) is 0 Å². The van der Waals surface area contributed by atoms with E-state index in [0.717, 1.165) is 22.4 Å². The van der Waals surface area contributed by atoms with Crippen LogP contribution in [0.15, 0.2) is 54.3 Å². The maximum atomic E-state index is 12.7. The van der Waals surface area contributed by atoms with Gasteiger partial charge in [0.25, 0.3) is 0 Å². The van der Waals surface area contributed by atoms with Crippen molar-refractivity contribution in [3.05, 3.63) is 71.0 Å². The topological polar surface area (TPSA) is 127 Å². The molecule has 1 unspecified atom stereocenters. The van der Waals surface area contributed by atoms with Crippen LogP contribution in [0, 0.1) is 12.3 Å². The van der Waals surface area contributed by atoms with Crippen molar-refractivity contribution in [2.24, 2.45) is 5.41 Å². The van der Waals surface area contributed by atoms with Crippen molar-refractivity contribution in [2.75, 3.05) is 5.32 Å². The number of rotatable bonds is 2. The summed E-state index contributed by atoms with van der Waals surface area (Å²) in [7, 11) is -4.64. The highest BCUT2D eigenvalue weighted by Gasteiger charge is 2.40. The molecule has 7 nitrogen and oxygen atoms in total. The average Bonchev–Trinajstić information content (AvgIpc) is 2.56. The number of nitrogens with one attached hydrogen (secondary N) is 1. The molecule has 0 bridgehead atoms. The number of aryl methyl sites for hydroxylation is 1. The molecule has 0 heterocycles. The Kier molecular flexibility index (Phi) is 6.23. The first kappa shape index (κ1) is 20.9. The van der Waals surface area contributed by atoms with Gasteiger partial charge < -0.3 is 25.1 Å². The van der Waals surface area contributed by atoms with E-state index in [1.165, 1.54) is 0 Å². The van der Waals surface area contributed by atoms with Crippen LogP contribution in [0.25, 0.3) is 6.08 Å². The zero-order chi connectivity index (χ0) is 20.2. The minimum Gasteiger partial charge on any atom is -0.511 e. The fourth-order valence-electron chi connectivity index (χ4n) is 2.78. The van der Waals surface area contributed by atoms with Gasteiger partial charge in [0.2, 0.25) is 5.91 Å². The average molecular weight is 391 g/mol. The van der Waals surface area contributed by atoms with Gasteiger partial charge in [-0.2, -0.15) is 0 Å². The van der Waals surface area contributed by atoms with Crippen LogP contribution in [0.4, 0.5) is 5.69 Å². The van der Waals surface area contributed by atoms with Gasteiger partial charge >= 0.3 is 7.82 Å². The van der Waals surface area contributed by atoms with Crippen LogP contribution in [-0.4, -0.2) is 25.7 Å². The molecule has 0 fully saturated rings. The lowest BCUT2D eigenvalue weighted by molar-refractivity contribution is -0.124. The first-order valence-corrected chi connectivity index (χ1v) is 9.71. The highest BCUT2D eigenvalue weighted by molar-refractivity contribution is 7.45. The monoisotopic (exact) mass is 391 g/mol. The molecule has 2 aromatic rings. The van der Waals surface area contributed by atoms with E-state index in [9.17, 15) is 9.90 Å². The van der Waals surface area contributed by atoms with Crippen LogP contribution < -0.4 is 5.32 Å². The molecular formula is C19H22NO6P. The Morgan fingerprint density at radius 1 is 1.07 bits per heavy atom. The molecule has 0 aliphatic heterocycles. The van der Waals surface area contributed by atoms with Gasteiger partial charge in [0, 0.05) is 5.69 Å². The van der Waals surface area contributed by atoms with Crippen LogP contribution in [0.1, 0.15) is 23.6 Å². The number of anilines is 1. The van der Waals surface area contributed by atoms with Gasteiger partial charge in [0.05, 0.1) is 0 Å². The van der Waals surface area contributed by atoms with E-state index in [1.54, 1.807) is 13.0 Å². The van der Waals surface area contributed by atoms with E-state index in [0.29, 0.717) is 6.42 Å². The second kappa shape index (κ2) is 8.06. The largest absolute Gasteiger partial charge is 0.511 e. The summed E-state index contributed by atoms with van der Waals surface area (Å²) in [6.07, 6.45) is 2.18. The highest BCUT2D eigenvalue weighted by Crippen LogP contribution is 2.38. The lowest BCUT2D eigenvalue weighted by Crippen LogP contribution is -2.39. The molecule has 0 saturated heterocycles. The van der Waals surface area contributed by atoms with Crippen LogP contribution in [-0.2, 0) is 15.8 Å². The number of amides is 1. The third kappa shape index (κ3) is 5.52. The Morgan fingerprint density at radius 2 is 1.63 bits per heavy atom. The number of benzene rings is 2. The van der Waals surface area contributed by atoms with Crippen molar-refractivity contribution in [1.82, 2.24) is 0 Å². The first-order valence-electron chi connectivity index (χ1n) is 8.15. The van der Waals surface area contributed by atoms with Crippen molar-refractivity contribution >= 4 is 25.5 Å². The fourth-order valence-corrected chi connectivity index (χ4v) is 2.78. The van der Waals surface area contributed by atoms with Crippen LogP contribution in [0.2, 0.25) is 0 Å². The maximum absolute atomic E-state index is 12.7. The Balaban J connectivity index is 0.000000465. The van der Waals surface area contributed by atoms with Gasteiger partial charge in [-0.05, 0) is 49.1 Å². The third-order valence-corrected chi connectivity index (χ3v) is 4.35. The van der Waals surface area contributed by atoms with E-state index in [4.69, 9.17) is 19.2 Å². The zero-order valence-corrected chi connectivity index (χ0v) is 15.9. The molecule has 1 amide bonds. The molecule has 144 valence electrons. The molecule has 0 saturated carbocycles. The summed E-state index contributed by atoms with van der Waals surface area (Å²) in [5.41, 5.74) is 2.87. The van der Waals surface area contributed by atoms with E-state index in [1.807, 2.05) is 55.5 Å². The lowest BCUT2D eigenvalue weighted by atomic mass is 9.75. The maximum Gasteiger partial charge on any atom is 0.466 e. The number of hydrogen-bond donors (Lipinski definition) is 5. The van der Waals surface area contributed by atoms with Crippen molar-refractivity contribution in [2.45, 2.75) is 20.3 Å². The lowest BCUT2D eigenvalue weighted by Gasteiger charge is -2.32. The molecule has 5 N–H and O–H groups in total. The Hall–Kier alpha value is -2.44. The third-order valence-electron chi connectivity index (χ3n) is 4.35. The van der Waals surface area contributed by atoms with Gasteiger partial charge in [-0.3, -0.25) is 4.79 Å². The molecule has 1 atom stereocenters. The van der Waals surface area contributed by atoms with Gasteiger partial charge in [-0.15, -0.1) is 0 Å². The summed E-state index contributed by atoms with van der Waals surface area (Å²) in [6.45, 7) is 3.73. The van der Waals surface area contributed by atoms with Crippen molar-refractivity contribution < 1.29 is 29.1 Å². The van der Waals surface area contributed by atoms with Crippen molar-refractivity contribution in [3.63, 3.8) is 0 Å². The minimum atomic E-state index is -4.64. The molecule has 0 aromatic heterocycles. The Morgan fingerprint density at radius 3 is 2.26 bits per heavy atom. The summed E-state index contributed by atoms with van der Waals surface area (Å²) < 4.78 is 8.88. The number of hydrogen-bond acceptors (Lipinski definition) is 3. The number of aliphatic hydroxyl groups is 1. The number of fused-ring (bicyclic) bond motifs is 1. The number of carbonyl (C=O) groups is 1. The summed E-state index contributed by atoms with van der Waals surface area (Å²) in [6, 6.07) is 15.5. The fraction of sp³-hybridized carbons (Fsp3) is 0.211. The standard InChI is InChI=1S/C19H19NO2.H3O4P/c1-13-7-3-6-10-16(13)20-18(22)19(2)12-15-9-5-4-8-14(15)11-17(19)21;1-5(2,3)4/h3-11,21H,12H2,1-2H3,(H,20,22);(H3,1,2,3,4). The summed E-state index contributed by atoms with van der Waals surface area (Å²) in [5.74, 6) is -0.0812. The highest BCUT2D eigenvalue weighted by atomic mass is 31.2. The van der Waals surface area contributed by atoms with Crippen molar-refractivity contribution in [1.29, 1.82) is 0 Å².